The lowest BCUT2D eigenvalue weighted by Crippen LogP contribution is -2.39. The van der Waals surface area contributed by atoms with Gasteiger partial charge in [0.15, 0.2) is 11.5 Å². The van der Waals surface area contributed by atoms with Crippen molar-refractivity contribution in [2.45, 2.75) is 18.9 Å². The highest BCUT2D eigenvalue weighted by molar-refractivity contribution is 5.97. The van der Waals surface area contributed by atoms with Gasteiger partial charge in [-0.05, 0) is 30.5 Å². The van der Waals surface area contributed by atoms with Crippen LogP contribution in [-0.4, -0.2) is 38.4 Å². The molecule has 1 unspecified atom stereocenters. The molecule has 1 amide bonds. The smallest absolute Gasteiger partial charge is 0.256 e. The summed E-state index contributed by atoms with van der Waals surface area (Å²) < 4.78 is 16.9. The molecule has 2 heterocycles. The molecule has 0 spiro atoms. The minimum atomic E-state index is -0.372. The van der Waals surface area contributed by atoms with Crippen molar-refractivity contribution in [3.8, 4) is 11.5 Å². The largest absolute Gasteiger partial charge is 0.486 e. The van der Waals surface area contributed by atoms with Crippen LogP contribution in [0, 0.1) is 0 Å². The summed E-state index contributed by atoms with van der Waals surface area (Å²) >= 11 is 0. The molecule has 2 aliphatic heterocycles. The molecule has 1 saturated heterocycles. The average molecular weight is 365 g/mol. The summed E-state index contributed by atoms with van der Waals surface area (Å²) in [6.07, 6.45) is 5.34. The fraction of sp³-hybridized carbons (Fsp3) is 0.318. The third-order valence-corrected chi connectivity index (χ3v) is 4.71. The van der Waals surface area contributed by atoms with Crippen LogP contribution in [0.25, 0.3) is 6.08 Å². The first-order valence-corrected chi connectivity index (χ1v) is 9.35. The molecule has 1 fully saturated rings. The number of rotatable bonds is 5. The molecule has 27 heavy (non-hydrogen) atoms. The average Bonchev–Trinajstić information content (AvgIpc) is 3.26. The van der Waals surface area contributed by atoms with E-state index in [0.29, 0.717) is 37.9 Å². The first kappa shape index (κ1) is 17.6. The molecule has 4 rings (SSSR count). The Morgan fingerprint density at radius 3 is 2.63 bits per heavy atom. The molecule has 140 valence electrons. The minimum absolute atomic E-state index is 0.0121. The monoisotopic (exact) mass is 365 g/mol. The van der Waals surface area contributed by atoms with Crippen LogP contribution in [0.1, 0.15) is 18.4 Å². The van der Waals surface area contributed by atoms with Gasteiger partial charge in [0.05, 0.1) is 0 Å². The molecule has 1 atom stereocenters. The molecule has 0 N–H and O–H groups in total. The molecule has 0 aliphatic carbocycles. The fourth-order valence-corrected chi connectivity index (χ4v) is 3.33. The van der Waals surface area contributed by atoms with Crippen molar-refractivity contribution in [1.29, 1.82) is 0 Å². The van der Waals surface area contributed by atoms with E-state index in [4.69, 9.17) is 14.2 Å². The Balaban J connectivity index is 1.57. The van der Waals surface area contributed by atoms with Gasteiger partial charge in [0, 0.05) is 24.9 Å². The maximum absolute atomic E-state index is 13.1. The number of ether oxygens (including phenoxy) is 3. The maximum Gasteiger partial charge on any atom is 0.256 e. The summed E-state index contributed by atoms with van der Waals surface area (Å²) in [5.41, 5.74) is 1.89. The van der Waals surface area contributed by atoms with E-state index in [1.54, 1.807) is 4.90 Å². The van der Waals surface area contributed by atoms with Gasteiger partial charge in [-0.3, -0.25) is 4.79 Å². The van der Waals surface area contributed by atoms with Gasteiger partial charge >= 0.3 is 0 Å². The zero-order chi connectivity index (χ0) is 18.5. The van der Waals surface area contributed by atoms with Crippen molar-refractivity contribution in [3.63, 3.8) is 0 Å². The zero-order valence-corrected chi connectivity index (χ0v) is 15.2. The quantitative estimate of drug-likeness (QED) is 0.811. The number of carbonyl (C=O) groups is 1. The molecular weight excluding hydrogens is 342 g/mol. The van der Waals surface area contributed by atoms with Crippen molar-refractivity contribution >= 4 is 17.7 Å². The molecule has 2 aliphatic rings. The molecule has 0 aromatic heterocycles. The van der Waals surface area contributed by atoms with Gasteiger partial charge < -0.3 is 19.1 Å². The Morgan fingerprint density at radius 2 is 1.85 bits per heavy atom. The summed E-state index contributed by atoms with van der Waals surface area (Å²) in [5.74, 6) is 1.38. The summed E-state index contributed by atoms with van der Waals surface area (Å²) in [4.78, 5) is 14.8. The van der Waals surface area contributed by atoms with Crippen LogP contribution in [0.3, 0.4) is 0 Å². The van der Waals surface area contributed by atoms with Crippen molar-refractivity contribution in [2.24, 2.45) is 0 Å². The lowest BCUT2D eigenvalue weighted by atomic mass is 10.1. The predicted molar refractivity (Wildman–Crippen MR) is 104 cm³/mol. The van der Waals surface area contributed by atoms with Crippen LogP contribution < -0.4 is 14.4 Å². The molecule has 5 heteroatoms. The first-order valence-electron chi connectivity index (χ1n) is 9.35. The highest BCUT2D eigenvalue weighted by Gasteiger charge is 2.29. The number of hydrogen-bond donors (Lipinski definition) is 0. The Hall–Kier alpha value is -2.79. The SMILES string of the molecule is O=C(C1CCCO1)N(C/C=C/c1ccccc1)c1ccc2c(c1)OCCO2. The molecule has 0 bridgehead atoms. The number of fused-ring (bicyclic) bond motifs is 1. The normalized spacial score (nSPS) is 18.6. The van der Waals surface area contributed by atoms with Gasteiger partial charge in [0.2, 0.25) is 0 Å². The second-order valence-electron chi connectivity index (χ2n) is 6.59. The number of amides is 1. The summed E-state index contributed by atoms with van der Waals surface area (Å²) in [5, 5.41) is 0. The van der Waals surface area contributed by atoms with Crippen LogP contribution >= 0.6 is 0 Å². The van der Waals surface area contributed by atoms with E-state index in [-0.39, 0.29) is 12.0 Å². The van der Waals surface area contributed by atoms with Crippen molar-refractivity contribution in [1.82, 2.24) is 0 Å². The lowest BCUT2D eigenvalue weighted by molar-refractivity contribution is -0.127. The van der Waals surface area contributed by atoms with Gasteiger partial charge in [-0.1, -0.05) is 42.5 Å². The van der Waals surface area contributed by atoms with E-state index in [1.807, 2.05) is 60.7 Å². The summed E-state index contributed by atoms with van der Waals surface area (Å²) in [6, 6.07) is 15.7. The number of nitrogens with zero attached hydrogens (tertiary/aromatic N) is 1. The molecule has 0 radical (unpaired) electrons. The standard InChI is InChI=1S/C22H23NO4/c24-22(20-9-5-13-25-20)23(12-4-8-17-6-2-1-3-7-17)18-10-11-19-21(16-18)27-15-14-26-19/h1-4,6-8,10-11,16,20H,5,9,12-15H2/b8-4+. The molecule has 2 aromatic rings. The van der Waals surface area contributed by atoms with E-state index in [2.05, 4.69) is 0 Å². The molecule has 0 saturated carbocycles. The van der Waals surface area contributed by atoms with Crippen LogP contribution in [0.5, 0.6) is 11.5 Å². The van der Waals surface area contributed by atoms with Crippen LogP contribution in [0.4, 0.5) is 5.69 Å². The maximum atomic E-state index is 13.1. The van der Waals surface area contributed by atoms with E-state index in [0.717, 1.165) is 24.1 Å². The fourth-order valence-electron chi connectivity index (χ4n) is 3.33. The molecular formula is C22H23NO4. The third-order valence-electron chi connectivity index (χ3n) is 4.71. The Morgan fingerprint density at radius 1 is 1.04 bits per heavy atom. The zero-order valence-electron chi connectivity index (χ0n) is 15.2. The van der Waals surface area contributed by atoms with Crippen LogP contribution in [0.15, 0.2) is 54.6 Å². The number of carbonyl (C=O) groups excluding carboxylic acids is 1. The van der Waals surface area contributed by atoms with E-state index >= 15 is 0 Å². The van der Waals surface area contributed by atoms with E-state index in [9.17, 15) is 4.79 Å². The third kappa shape index (κ3) is 4.14. The Kier molecular flexibility index (Phi) is 5.39. The summed E-state index contributed by atoms with van der Waals surface area (Å²) in [6.45, 7) is 2.17. The predicted octanol–water partition coefficient (Wildman–Crippen LogP) is 3.68. The Labute approximate surface area is 159 Å². The first-order chi connectivity index (χ1) is 13.3. The highest BCUT2D eigenvalue weighted by atomic mass is 16.6. The Bertz CT molecular complexity index is 812. The van der Waals surface area contributed by atoms with Gasteiger partial charge in [0.25, 0.3) is 5.91 Å². The lowest BCUT2D eigenvalue weighted by Gasteiger charge is -2.26. The van der Waals surface area contributed by atoms with Crippen LogP contribution in [-0.2, 0) is 9.53 Å². The number of benzene rings is 2. The minimum Gasteiger partial charge on any atom is -0.486 e. The second kappa shape index (κ2) is 8.27. The number of anilines is 1. The van der Waals surface area contributed by atoms with Crippen molar-refractivity contribution in [3.05, 3.63) is 60.2 Å². The van der Waals surface area contributed by atoms with Crippen molar-refractivity contribution in [2.75, 3.05) is 31.3 Å². The van der Waals surface area contributed by atoms with Gasteiger partial charge in [-0.15, -0.1) is 0 Å². The number of hydrogen-bond acceptors (Lipinski definition) is 4. The van der Waals surface area contributed by atoms with E-state index < -0.39 is 0 Å². The topological polar surface area (TPSA) is 48.0 Å². The second-order valence-corrected chi connectivity index (χ2v) is 6.59. The highest BCUT2D eigenvalue weighted by Crippen LogP contribution is 2.34. The van der Waals surface area contributed by atoms with E-state index in [1.165, 1.54) is 0 Å². The van der Waals surface area contributed by atoms with Crippen LogP contribution in [0.2, 0.25) is 0 Å². The molecule has 2 aromatic carbocycles. The summed E-state index contributed by atoms with van der Waals surface area (Å²) in [7, 11) is 0. The molecule has 5 nitrogen and oxygen atoms in total. The van der Waals surface area contributed by atoms with Crippen molar-refractivity contribution < 1.29 is 19.0 Å². The van der Waals surface area contributed by atoms with Gasteiger partial charge in [0.1, 0.15) is 19.3 Å². The van der Waals surface area contributed by atoms with Gasteiger partial charge in [-0.25, -0.2) is 0 Å². The van der Waals surface area contributed by atoms with Gasteiger partial charge in [-0.2, -0.15) is 0 Å².